The molecule has 5 aromatic rings. The summed E-state index contributed by atoms with van der Waals surface area (Å²) in [5.74, 6) is -0.985. The van der Waals surface area contributed by atoms with Crippen molar-refractivity contribution in [1.82, 2.24) is 24.7 Å². The van der Waals surface area contributed by atoms with Crippen LogP contribution < -0.4 is 5.73 Å². The molecule has 0 fully saturated rings. The van der Waals surface area contributed by atoms with Crippen LogP contribution in [0.3, 0.4) is 0 Å². The van der Waals surface area contributed by atoms with Gasteiger partial charge in [0.1, 0.15) is 11.5 Å². The van der Waals surface area contributed by atoms with E-state index in [1.807, 2.05) is 19.3 Å². The number of rotatable bonds is 3. The molecule has 0 aliphatic rings. The zero-order valence-corrected chi connectivity index (χ0v) is 15.3. The van der Waals surface area contributed by atoms with E-state index in [1.54, 1.807) is 41.3 Å². The lowest BCUT2D eigenvalue weighted by atomic mass is 9.99. The number of carbonyl (C=O) groups excluding carboxylic acids is 1. The minimum atomic E-state index is -0.531. The Kier molecular flexibility index (Phi) is 3.67. The number of hydrogen-bond donors (Lipinski definition) is 2. The predicted molar refractivity (Wildman–Crippen MR) is 108 cm³/mol. The SMILES string of the molecule is Cn1cc(-c2cc3c(cn2)[nH]c2ncc(F)c(-c4ccc(C(N)=O)cc4)c23)cn1. The fraction of sp³-hybridized carbons (Fsp3) is 0.0476. The number of nitrogens with two attached hydrogens (primary N) is 1. The average molecular weight is 386 g/mol. The van der Waals surface area contributed by atoms with Gasteiger partial charge in [0.2, 0.25) is 5.91 Å². The van der Waals surface area contributed by atoms with Crippen LogP contribution in [0.1, 0.15) is 10.4 Å². The minimum Gasteiger partial charge on any atom is -0.366 e. The molecule has 8 heteroatoms. The van der Waals surface area contributed by atoms with Gasteiger partial charge in [-0.05, 0) is 23.8 Å². The summed E-state index contributed by atoms with van der Waals surface area (Å²) in [6, 6.07) is 8.43. The third kappa shape index (κ3) is 2.73. The van der Waals surface area contributed by atoms with Crippen molar-refractivity contribution >= 4 is 27.8 Å². The van der Waals surface area contributed by atoms with E-state index < -0.39 is 11.7 Å². The zero-order chi connectivity index (χ0) is 20.1. The Labute approximate surface area is 164 Å². The van der Waals surface area contributed by atoms with Crippen LogP contribution in [0.25, 0.3) is 44.3 Å². The molecule has 0 radical (unpaired) electrons. The smallest absolute Gasteiger partial charge is 0.248 e. The van der Waals surface area contributed by atoms with E-state index >= 15 is 0 Å². The average Bonchev–Trinajstić information content (AvgIpc) is 3.31. The third-order valence-corrected chi connectivity index (χ3v) is 4.92. The number of aromatic amines is 1. The van der Waals surface area contributed by atoms with Crippen molar-refractivity contribution in [1.29, 1.82) is 0 Å². The maximum atomic E-state index is 14.9. The first-order valence-electron chi connectivity index (χ1n) is 8.86. The van der Waals surface area contributed by atoms with Crippen LogP contribution in [0.2, 0.25) is 0 Å². The molecule has 0 unspecified atom stereocenters. The number of halogens is 1. The second kappa shape index (κ2) is 6.23. The third-order valence-electron chi connectivity index (χ3n) is 4.92. The molecule has 0 saturated carbocycles. The Morgan fingerprint density at radius 2 is 1.90 bits per heavy atom. The van der Waals surface area contributed by atoms with Gasteiger partial charge in [0.15, 0.2) is 0 Å². The van der Waals surface area contributed by atoms with Gasteiger partial charge in [0, 0.05) is 40.7 Å². The standard InChI is InChI=1S/C21H15FN6O/c1-28-10-13(7-26-28)16-6-14-17(9-24-16)27-21-19(14)18(15(22)8-25-21)11-2-4-12(5-3-11)20(23)29/h2-10H,1H3,(H2,23,29)(H,25,27). The maximum absolute atomic E-state index is 14.9. The number of amides is 1. The molecule has 0 aliphatic heterocycles. The van der Waals surface area contributed by atoms with Gasteiger partial charge < -0.3 is 10.7 Å². The summed E-state index contributed by atoms with van der Waals surface area (Å²) in [5, 5.41) is 5.64. The minimum absolute atomic E-state index is 0.362. The summed E-state index contributed by atoms with van der Waals surface area (Å²) < 4.78 is 16.6. The van der Waals surface area contributed by atoms with Gasteiger partial charge in [-0.3, -0.25) is 14.5 Å². The highest BCUT2D eigenvalue weighted by Crippen LogP contribution is 2.36. The lowest BCUT2D eigenvalue weighted by Gasteiger charge is -2.07. The van der Waals surface area contributed by atoms with Crippen LogP contribution in [-0.4, -0.2) is 30.6 Å². The first kappa shape index (κ1) is 17.1. The Hall–Kier alpha value is -4.07. The largest absolute Gasteiger partial charge is 0.366 e. The number of pyridine rings is 2. The maximum Gasteiger partial charge on any atom is 0.248 e. The van der Waals surface area contributed by atoms with E-state index in [2.05, 4.69) is 20.1 Å². The van der Waals surface area contributed by atoms with Crippen LogP contribution >= 0.6 is 0 Å². The van der Waals surface area contributed by atoms with Crippen LogP contribution in [0.4, 0.5) is 4.39 Å². The number of carbonyl (C=O) groups is 1. The highest BCUT2D eigenvalue weighted by Gasteiger charge is 2.17. The topological polar surface area (TPSA) is 102 Å². The summed E-state index contributed by atoms with van der Waals surface area (Å²) in [5.41, 5.74) is 9.60. The number of H-pyrrole nitrogens is 1. The summed E-state index contributed by atoms with van der Waals surface area (Å²) in [6.45, 7) is 0. The molecule has 29 heavy (non-hydrogen) atoms. The number of primary amides is 1. The van der Waals surface area contributed by atoms with Crippen molar-refractivity contribution in [3.05, 3.63) is 66.5 Å². The molecule has 7 nitrogen and oxygen atoms in total. The van der Waals surface area contributed by atoms with Crippen molar-refractivity contribution in [2.45, 2.75) is 0 Å². The van der Waals surface area contributed by atoms with Crippen LogP contribution in [0, 0.1) is 5.82 Å². The Bertz CT molecular complexity index is 1400. The first-order chi connectivity index (χ1) is 14.0. The summed E-state index contributed by atoms with van der Waals surface area (Å²) >= 11 is 0. The van der Waals surface area contributed by atoms with Crippen molar-refractivity contribution in [3.8, 4) is 22.4 Å². The van der Waals surface area contributed by atoms with Gasteiger partial charge in [0.25, 0.3) is 0 Å². The van der Waals surface area contributed by atoms with Crippen LogP contribution in [0.15, 0.2) is 55.1 Å². The molecular weight excluding hydrogens is 371 g/mol. The number of benzene rings is 1. The van der Waals surface area contributed by atoms with Crippen LogP contribution in [0.5, 0.6) is 0 Å². The van der Waals surface area contributed by atoms with Gasteiger partial charge in [-0.15, -0.1) is 0 Å². The highest BCUT2D eigenvalue weighted by molar-refractivity contribution is 6.13. The van der Waals surface area contributed by atoms with E-state index in [1.165, 1.54) is 6.20 Å². The molecule has 1 aromatic carbocycles. The summed E-state index contributed by atoms with van der Waals surface area (Å²) in [6.07, 6.45) is 6.48. The lowest BCUT2D eigenvalue weighted by molar-refractivity contribution is 0.100. The molecule has 0 saturated heterocycles. The Morgan fingerprint density at radius 1 is 1.10 bits per heavy atom. The Balaban J connectivity index is 1.78. The molecular formula is C21H15FN6O. The number of fused-ring (bicyclic) bond motifs is 3. The van der Waals surface area contributed by atoms with E-state index in [0.717, 1.165) is 22.2 Å². The normalized spacial score (nSPS) is 11.4. The summed E-state index contributed by atoms with van der Waals surface area (Å²) in [7, 11) is 1.83. The molecule has 5 rings (SSSR count). The lowest BCUT2D eigenvalue weighted by Crippen LogP contribution is -2.10. The molecule has 3 N–H and O–H groups in total. The molecule has 4 aromatic heterocycles. The van der Waals surface area contributed by atoms with Gasteiger partial charge in [-0.2, -0.15) is 5.10 Å². The van der Waals surface area contributed by atoms with Crippen molar-refractivity contribution in [3.63, 3.8) is 0 Å². The molecule has 0 spiro atoms. The quantitative estimate of drug-likeness (QED) is 0.496. The summed E-state index contributed by atoms with van der Waals surface area (Å²) in [4.78, 5) is 23.2. The number of nitrogens with one attached hydrogen (secondary N) is 1. The molecule has 0 aliphatic carbocycles. The Morgan fingerprint density at radius 3 is 2.59 bits per heavy atom. The molecule has 0 atom stereocenters. The van der Waals surface area contributed by atoms with Crippen molar-refractivity contribution in [2.75, 3.05) is 0 Å². The number of aromatic nitrogens is 5. The monoisotopic (exact) mass is 386 g/mol. The van der Waals surface area contributed by atoms with Crippen LogP contribution in [-0.2, 0) is 7.05 Å². The predicted octanol–water partition coefficient (Wildman–Crippen LogP) is 3.42. The number of aryl methyl sites for hydroxylation is 1. The zero-order valence-electron chi connectivity index (χ0n) is 15.3. The van der Waals surface area contributed by atoms with E-state index in [0.29, 0.717) is 27.7 Å². The molecule has 4 heterocycles. The second-order valence-electron chi connectivity index (χ2n) is 6.79. The van der Waals surface area contributed by atoms with Crippen molar-refractivity contribution < 1.29 is 9.18 Å². The van der Waals surface area contributed by atoms with E-state index in [-0.39, 0.29) is 0 Å². The van der Waals surface area contributed by atoms with Gasteiger partial charge in [-0.25, -0.2) is 9.37 Å². The van der Waals surface area contributed by atoms with E-state index in [4.69, 9.17) is 5.73 Å². The van der Waals surface area contributed by atoms with Gasteiger partial charge in [0.05, 0.1) is 29.8 Å². The van der Waals surface area contributed by atoms with Gasteiger partial charge >= 0.3 is 0 Å². The van der Waals surface area contributed by atoms with E-state index in [9.17, 15) is 9.18 Å². The van der Waals surface area contributed by atoms with Gasteiger partial charge in [-0.1, -0.05) is 12.1 Å². The molecule has 0 bridgehead atoms. The number of hydrogen-bond acceptors (Lipinski definition) is 4. The highest BCUT2D eigenvalue weighted by atomic mass is 19.1. The fourth-order valence-corrected chi connectivity index (χ4v) is 3.53. The molecule has 1 amide bonds. The van der Waals surface area contributed by atoms with Crippen molar-refractivity contribution in [2.24, 2.45) is 12.8 Å². The molecule has 142 valence electrons. The first-order valence-corrected chi connectivity index (χ1v) is 8.86. The second-order valence-corrected chi connectivity index (χ2v) is 6.79. The number of nitrogens with zero attached hydrogens (tertiary/aromatic N) is 4. The fourth-order valence-electron chi connectivity index (χ4n) is 3.53.